The van der Waals surface area contributed by atoms with Crippen molar-refractivity contribution in [2.24, 2.45) is 0 Å². The number of hydrogen-bond donors (Lipinski definition) is 2. The third-order valence-electron chi connectivity index (χ3n) is 3.38. The second-order valence-corrected chi connectivity index (χ2v) is 7.20. The molecular formula is C17H16N4O2S2. The molecule has 2 aromatic heterocycles. The van der Waals surface area contributed by atoms with Crippen molar-refractivity contribution in [2.75, 3.05) is 5.75 Å². The number of aryl methyl sites for hydroxylation is 1. The van der Waals surface area contributed by atoms with Crippen molar-refractivity contribution in [1.29, 1.82) is 0 Å². The largest absolute Gasteiger partial charge is 0.272 e. The van der Waals surface area contributed by atoms with Crippen LogP contribution < -0.4 is 10.9 Å². The molecule has 0 saturated carbocycles. The number of thioether (sulfide) groups is 1. The van der Waals surface area contributed by atoms with E-state index in [1.807, 2.05) is 6.07 Å². The highest BCUT2D eigenvalue weighted by molar-refractivity contribution is 8.00. The maximum Gasteiger partial charge on any atom is 0.269 e. The van der Waals surface area contributed by atoms with Crippen molar-refractivity contribution in [3.05, 3.63) is 53.2 Å². The molecule has 25 heavy (non-hydrogen) atoms. The molecule has 3 aromatic rings. The number of rotatable bonds is 5. The molecule has 0 spiro atoms. The summed E-state index contributed by atoms with van der Waals surface area (Å²) < 4.78 is 0. The van der Waals surface area contributed by atoms with E-state index < -0.39 is 0 Å². The molecule has 0 fully saturated rings. The summed E-state index contributed by atoms with van der Waals surface area (Å²) in [6, 6.07) is 10.8. The van der Waals surface area contributed by atoms with Gasteiger partial charge in [0, 0.05) is 15.8 Å². The molecule has 2 heterocycles. The van der Waals surface area contributed by atoms with E-state index in [2.05, 4.69) is 33.8 Å². The topological polar surface area (TPSA) is 84.0 Å². The van der Waals surface area contributed by atoms with Crippen LogP contribution in [0.15, 0.2) is 47.8 Å². The minimum atomic E-state index is -0.353. The number of hydrazine groups is 1. The Bertz CT molecular complexity index is 896. The molecule has 128 valence electrons. The second kappa shape index (κ2) is 8.09. The van der Waals surface area contributed by atoms with Gasteiger partial charge in [-0.1, -0.05) is 36.9 Å². The Kier molecular flexibility index (Phi) is 5.62. The number of benzene rings is 1. The molecule has 6 nitrogen and oxygen atoms in total. The average Bonchev–Trinajstić information content (AvgIpc) is 3.09. The Morgan fingerprint density at radius 1 is 1.16 bits per heavy atom. The van der Waals surface area contributed by atoms with Gasteiger partial charge in [-0.05, 0) is 24.6 Å². The molecule has 0 aliphatic carbocycles. The molecule has 0 aliphatic rings. The van der Waals surface area contributed by atoms with Crippen LogP contribution in [0.2, 0.25) is 0 Å². The Hall–Kier alpha value is -2.45. The number of fused-ring (bicyclic) bond motifs is 1. The van der Waals surface area contributed by atoms with Gasteiger partial charge in [-0.25, -0.2) is 9.97 Å². The molecule has 0 radical (unpaired) electrons. The first kappa shape index (κ1) is 17.4. The van der Waals surface area contributed by atoms with Gasteiger partial charge in [0.2, 0.25) is 5.91 Å². The summed E-state index contributed by atoms with van der Waals surface area (Å²) in [6.45, 7) is 2.09. The first-order valence-corrected chi connectivity index (χ1v) is 9.48. The lowest BCUT2D eigenvalue weighted by Crippen LogP contribution is -2.42. The fourth-order valence-electron chi connectivity index (χ4n) is 2.13. The summed E-state index contributed by atoms with van der Waals surface area (Å²) in [5.41, 5.74) is 5.30. The van der Waals surface area contributed by atoms with E-state index in [0.717, 1.165) is 21.7 Å². The van der Waals surface area contributed by atoms with Gasteiger partial charge >= 0.3 is 0 Å². The van der Waals surface area contributed by atoms with Crippen LogP contribution >= 0.6 is 23.1 Å². The van der Waals surface area contributed by atoms with Gasteiger partial charge in [-0.15, -0.1) is 11.3 Å². The summed E-state index contributed by atoms with van der Waals surface area (Å²) in [5, 5.41) is 1.74. The molecular weight excluding hydrogens is 356 g/mol. The smallest absolute Gasteiger partial charge is 0.269 e. The van der Waals surface area contributed by atoms with Crippen LogP contribution in [-0.4, -0.2) is 27.5 Å². The zero-order chi connectivity index (χ0) is 17.6. The van der Waals surface area contributed by atoms with E-state index in [4.69, 9.17) is 0 Å². The molecule has 0 unspecified atom stereocenters. The van der Waals surface area contributed by atoms with Gasteiger partial charge in [-0.3, -0.25) is 20.4 Å². The fourth-order valence-corrected chi connectivity index (χ4v) is 3.90. The van der Waals surface area contributed by atoms with Crippen LogP contribution in [0.3, 0.4) is 0 Å². The van der Waals surface area contributed by atoms with Gasteiger partial charge in [0.15, 0.2) is 0 Å². The third-order valence-corrected chi connectivity index (χ3v) is 5.58. The summed E-state index contributed by atoms with van der Waals surface area (Å²) in [6.07, 6.45) is 2.45. The number of carbonyl (C=O) groups is 2. The number of thiophene rings is 1. The molecule has 0 atom stereocenters. The van der Waals surface area contributed by atoms with E-state index in [0.29, 0.717) is 5.56 Å². The van der Waals surface area contributed by atoms with Crippen molar-refractivity contribution in [1.82, 2.24) is 20.8 Å². The Morgan fingerprint density at radius 3 is 2.72 bits per heavy atom. The number of aromatic nitrogens is 2. The highest BCUT2D eigenvalue weighted by atomic mass is 32.2. The number of amides is 2. The van der Waals surface area contributed by atoms with Gasteiger partial charge < -0.3 is 0 Å². The molecule has 2 N–H and O–H groups in total. The molecule has 1 aromatic carbocycles. The SMILES string of the molecule is CCc1cc2c(SCC(=O)NNC(=O)c3ccccc3)ncnc2s1. The first-order chi connectivity index (χ1) is 12.2. The summed E-state index contributed by atoms with van der Waals surface area (Å²) in [7, 11) is 0. The summed E-state index contributed by atoms with van der Waals surface area (Å²) in [4.78, 5) is 34.5. The lowest BCUT2D eigenvalue weighted by Gasteiger charge is -2.07. The quantitative estimate of drug-likeness (QED) is 0.409. The van der Waals surface area contributed by atoms with E-state index in [1.54, 1.807) is 35.6 Å². The monoisotopic (exact) mass is 372 g/mol. The van der Waals surface area contributed by atoms with Gasteiger partial charge in [0.25, 0.3) is 5.91 Å². The van der Waals surface area contributed by atoms with E-state index in [9.17, 15) is 9.59 Å². The number of hydrogen-bond acceptors (Lipinski definition) is 6. The highest BCUT2D eigenvalue weighted by Crippen LogP contribution is 2.30. The predicted molar refractivity (Wildman–Crippen MR) is 99.6 cm³/mol. The van der Waals surface area contributed by atoms with Crippen LogP contribution in [0, 0.1) is 0 Å². The van der Waals surface area contributed by atoms with Crippen LogP contribution in [-0.2, 0) is 11.2 Å². The first-order valence-electron chi connectivity index (χ1n) is 7.68. The molecule has 0 aliphatic heterocycles. The Morgan fingerprint density at radius 2 is 1.96 bits per heavy atom. The Balaban J connectivity index is 1.56. The number of nitrogens with zero attached hydrogens (tertiary/aromatic N) is 2. The lowest BCUT2D eigenvalue weighted by molar-refractivity contribution is -0.119. The molecule has 0 saturated heterocycles. The summed E-state index contributed by atoms with van der Waals surface area (Å²) >= 11 is 2.96. The van der Waals surface area contributed by atoms with Crippen molar-refractivity contribution in [2.45, 2.75) is 18.4 Å². The van der Waals surface area contributed by atoms with Crippen LogP contribution in [0.1, 0.15) is 22.2 Å². The van der Waals surface area contributed by atoms with Crippen LogP contribution in [0.4, 0.5) is 0 Å². The van der Waals surface area contributed by atoms with Crippen LogP contribution in [0.5, 0.6) is 0 Å². The van der Waals surface area contributed by atoms with Crippen molar-refractivity contribution < 1.29 is 9.59 Å². The van der Waals surface area contributed by atoms with E-state index in [1.165, 1.54) is 23.0 Å². The van der Waals surface area contributed by atoms with Crippen LogP contribution in [0.25, 0.3) is 10.2 Å². The second-order valence-electron chi connectivity index (χ2n) is 5.12. The Labute approximate surface area is 153 Å². The predicted octanol–water partition coefficient (Wildman–Crippen LogP) is 2.81. The maximum atomic E-state index is 12.0. The molecule has 0 bridgehead atoms. The molecule has 2 amide bonds. The molecule has 3 rings (SSSR count). The zero-order valence-corrected chi connectivity index (χ0v) is 15.1. The highest BCUT2D eigenvalue weighted by Gasteiger charge is 2.11. The third kappa shape index (κ3) is 4.34. The minimum Gasteiger partial charge on any atom is -0.272 e. The van der Waals surface area contributed by atoms with E-state index >= 15 is 0 Å². The van der Waals surface area contributed by atoms with Gasteiger partial charge in [-0.2, -0.15) is 0 Å². The maximum absolute atomic E-state index is 12.0. The zero-order valence-electron chi connectivity index (χ0n) is 13.5. The van der Waals surface area contributed by atoms with Crippen molar-refractivity contribution >= 4 is 45.1 Å². The van der Waals surface area contributed by atoms with Crippen molar-refractivity contribution in [3.63, 3.8) is 0 Å². The fraction of sp³-hybridized carbons (Fsp3) is 0.176. The minimum absolute atomic E-state index is 0.151. The summed E-state index contributed by atoms with van der Waals surface area (Å²) in [5.74, 6) is -0.501. The standard InChI is InChI=1S/C17H16N4O2S2/c1-2-12-8-13-16(18-10-19-17(13)25-12)24-9-14(22)20-21-15(23)11-6-4-3-5-7-11/h3-8,10H,2,9H2,1H3,(H,20,22)(H,21,23). The average molecular weight is 372 g/mol. The number of carbonyl (C=O) groups excluding carboxylic acids is 2. The van der Waals surface area contributed by atoms with Crippen molar-refractivity contribution in [3.8, 4) is 0 Å². The van der Waals surface area contributed by atoms with Gasteiger partial charge in [0.05, 0.1) is 5.75 Å². The van der Waals surface area contributed by atoms with E-state index in [-0.39, 0.29) is 17.6 Å². The lowest BCUT2D eigenvalue weighted by atomic mass is 10.2. The normalized spacial score (nSPS) is 10.6. The number of nitrogens with one attached hydrogen (secondary N) is 2. The molecule has 8 heteroatoms. The van der Waals surface area contributed by atoms with Gasteiger partial charge in [0.1, 0.15) is 16.2 Å².